The molecular formula is C22H27BN2O6S. The number of hydrogen-bond donors (Lipinski definition) is 2. The molecule has 1 aromatic heterocycles. The second kappa shape index (κ2) is 9.44. The molecule has 0 aliphatic carbocycles. The molecule has 0 spiro atoms. The van der Waals surface area contributed by atoms with Crippen LogP contribution in [-0.4, -0.2) is 47.0 Å². The van der Waals surface area contributed by atoms with Gasteiger partial charge in [-0.05, 0) is 51.7 Å². The van der Waals surface area contributed by atoms with E-state index >= 15 is 0 Å². The largest absolute Gasteiger partial charge is 0.492 e. The van der Waals surface area contributed by atoms with E-state index in [1.165, 1.54) is 0 Å². The fraction of sp³-hybridized carbons (Fsp3) is 0.409. The van der Waals surface area contributed by atoms with E-state index in [0.29, 0.717) is 16.2 Å². The summed E-state index contributed by atoms with van der Waals surface area (Å²) >= 11 is 1.05. The van der Waals surface area contributed by atoms with Gasteiger partial charge in [-0.3, -0.25) is 0 Å². The first-order valence-electron chi connectivity index (χ1n) is 10.2. The minimum absolute atomic E-state index is 0.0888. The lowest BCUT2D eigenvalue weighted by atomic mass is 9.77. The molecule has 0 saturated carbocycles. The molecule has 2 heterocycles. The van der Waals surface area contributed by atoms with Gasteiger partial charge in [-0.2, -0.15) is 0 Å². The Bertz CT molecular complexity index is 1000. The fourth-order valence-electron chi connectivity index (χ4n) is 2.98. The third-order valence-corrected chi connectivity index (χ3v) is 6.61. The van der Waals surface area contributed by atoms with Crippen molar-refractivity contribution < 1.29 is 28.7 Å². The van der Waals surface area contributed by atoms with E-state index < -0.39 is 30.4 Å². The lowest BCUT2D eigenvalue weighted by molar-refractivity contribution is 0.00578. The number of aromatic carboxylic acids is 1. The monoisotopic (exact) mass is 458 g/mol. The predicted molar refractivity (Wildman–Crippen MR) is 122 cm³/mol. The third kappa shape index (κ3) is 5.56. The topological polar surface area (TPSA) is 107 Å². The van der Waals surface area contributed by atoms with E-state index in [1.807, 2.05) is 58.0 Å². The van der Waals surface area contributed by atoms with Crippen LogP contribution in [0.4, 0.5) is 4.79 Å². The standard InChI is InChI=1S/C22H27BN2O6S/c1-14-18(19(26)27)32-17(25-14)11-16(23-30-21(2,3)22(4,5)31-23)12-24-20(28)29-13-15-9-7-6-8-10-15/h6-11H,12-13H2,1-5H3,(H,24,28)(H,26,27). The van der Waals surface area contributed by atoms with Crippen LogP contribution in [0.2, 0.25) is 0 Å². The molecule has 0 atom stereocenters. The molecule has 1 fully saturated rings. The van der Waals surface area contributed by atoms with Gasteiger partial charge in [0.25, 0.3) is 0 Å². The Kier molecular flexibility index (Phi) is 7.07. The van der Waals surface area contributed by atoms with E-state index in [-0.39, 0.29) is 18.0 Å². The molecule has 1 saturated heterocycles. The van der Waals surface area contributed by atoms with Gasteiger partial charge in [0, 0.05) is 6.54 Å². The van der Waals surface area contributed by atoms with Crippen molar-refractivity contribution in [3.63, 3.8) is 0 Å². The highest BCUT2D eigenvalue weighted by Crippen LogP contribution is 2.39. The van der Waals surface area contributed by atoms with Gasteiger partial charge in [-0.15, -0.1) is 11.3 Å². The Balaban J connectivity index is 1.76. The van der Waals surface area contributed by atoms with Gasteiger partial charge < -0.3 is 24.5 Å². The van der Waals surface area contributed by atoms with Crippen LogP contribution >= 0.6 is 11.3 Å². The number of benzene rings is 1. The van der Waals surface area contributed by atoms with Gasteiger partial charge in [-0.1, -0.05) is 30.3 Å². The molecule has 0 radical (unpaired) electrons. The van der Waals surface area contributed by atoms with Gasteiger partial charge in [0.05, 0.1) is 16.9 Å². The minimum atomic E-state index is -1.03. The van der Waals surface area contributed by atoms with Crippen LogP contribution in [-0.2, 0) is 20.7 Å². The summed E-state index contributed by atoms with van der Waals surface area (Å²) in [5, 5.41) is 12.5. The molecule has 3 rings (SSSR count). The maximum atomic E-state index is 12.3. The quantitative estimate of drug-likeness (QED) is 0.602. The number of carboxylic acids is 1. The summed E-state index contributed by atoms with van der Waals surface area (Å²) in [6, 6.07) is 9.37. The van der Waals surface area contributed by atoms with E-state index in [9.17, 15) is 14.7 Å². The highest BCUT2D eigenvalue weighted by atomic mass is 32.1. The lowest BCUT2D eigenvalue weighted by Crippen LogP contribution is -2.41. The summed E-state index contributed by atoms with van der Waals surface area (Å²) in [7, 11) is -0.730. The smallest absolute Gasteiger partial charge is 0.477 e. The summed E-state index contributed by atoms with van der Waals surface area (Å²) in [4.78, 5) is 28.1. The molecule has 10 heteroatoms. The van der Waals surface area contributed by atoms with Crippen LogP contribution in [0.5, 0.6) is 0 Å². The highest BCUT2D eigenvalue weighted by molar-refractivity contribution is 7.14. The average molecular weight is 458 g/mol. The number of amides is 1. The van der Waals surface area contributed by atoms with Crippen LogP contribution in [0.1, 0.15) is 53.6 Å². The zero-order valence-electron chi connectivity index (χ0n) is 18.8. The van der Waals surface area contributed by atoms with Crippen LogP contribution in [0.15, 0.2) is 35.8 Å². The van der Waals surface area contributed by atoms with Crippen LogP contribution in [0.3, 0.4) is 0 Å². The minimum Gasteiger partial charge on any atom is -0.477 e. The molecule has 32 heavy (non-hydrogen) atoms. The van der Waals surface area contributed by atoms with Crippen LogP contribution in [0, 0.1) is 6.92 Å². The normalized spacial score (nSPS) is 17.3. The Morgan fingerprint density at radius 1 is 1.19 bits per heavy atom. The Morgan fingerprint density at radius 3 is 2.38 bits per heavy atom. The molecule has 2 N–H and O–H groups in total. The number of ether oxygens (including phenoxy) is 1. The van der Waals surface area contributed by atoms with Crippen molar-refractivity contribution in [2.24, 2.45) is 0 Å². The number of carbonyl (C=O) groups is 2. The number of aryl methyl sites for hydroxylation is 1. The van der Waals surface area contributed by atoms with Crippen molar-refractivity contribution in [3.05, 3.63) is 56.9 Å². The third-order valence-electron chi connectivity index (χ3n) is 5.52. The number of hydrogen-bond acceptors (Lipinski definition) is 7. The van der Waals surface area contributed by atoms with E-state index in [4.69, 9.17) is 14.0 Å². The first-order valence-corrected chi connectivity index (χ1v) is 11.0. The molecule has 170 valence electrons. The second-order valence-electron chi connectivity index (χ2n) is 8.49. The fourth-order valence-corrected chi connectivity index (χ4v) is 3.86. The van der Waals surface area contributed by atoms with Gasteiger partial charge in [0.15, 0.2) is 0 Å². The number of alkyl carbamates (subject to hydrolysis) is 1. The number of nitrogens with one attached hydrogen (secondary N) is 1. The van der Waals surface area contributed by atoms with Crippen molar-refractivity contribution in [1.29, 1.82) is 0 Å². The summed E-state index contributed by atoms with van der Waals surface area (Å²) in [6.45, 7) is 9.61. The number of nitrogens with zero attached hydrogens (tertiary/aromatic N) is 1. The van der Waals surface area contributed by atoms with E-state index in [1.54, 1.807) is 13.0 Å². The maximum Gasteiger partial charge on any atom is 0.492 e. The van der Waals surface area contributed by atoms with Crippen LogP contribution < -0.4 is 5.32 Å². The van der Waals surface area contributed by atoms with Crippen LogP contribution in [0.25, 0.3) is 6.08 Å². The summed E-state index contributed by atoms with van der Waals surface area (Å²) < 4.78 is 17.5. The van der Waals surface area contributed by atoms with E-state index in [2.05, 4.69) is 10.3 Å². The number of aromatic nitrogens is 1. The lowest BCUT2D eigenvalue weighted by Gasteiger charge is -2.32. The van der Waals surface area contributed by atoms with Crippen molar-refractivity contribution >= 4 is 36.6 Å². The average Bonchev–Trinajstić information content (AvgIpc) is 3.19. The van der Waals surface area contributed by atoms with Crippen molar-refractivity contribution in [2.45, 2.75) is 52.4 Å². The van der Waals surface area contributed by atoms with Gasteiger partial charge in [-0.25, -0.2) is 14.6 Å². The van der Waals surface area contributed by atoms with E-state index in [0.717, 1.165) is 16.9 Å². The molecular weight excluding hydrogens is 431 g/mol. The summed E-state index contributed by atoms with van der Waals surface area (Å²) in [5.74, 6) is -1.03. The number of thiazole rings is 1. The Morgan fingerprint density at radius 2 is 1.81 bits per heavy atom. The molecule has 0 unspecified atom stereocenters. The zero-order chi connectivity index (χ0) is 23.5. The number of rotatable bonds is 7. The second-order valence-corrected chi connectivity index (χ2v) is 9.53. The first kappa shape index (κ1) is 24.0. The molecule has 1 amide bonds. The number of carboxylic acid groups (broad SMARTS) is 1. The first-order chi connectivity index (χ1) is 15.0. The molecule has 1 aliphatic rings. The van der Waals surface area contributed by atoms with Crippen molar-refractivity contribution in [1.82, 2.24) is 10.3 Å². The van der Waals surface area contributed by atoms with Gasteiger partial charge in [0.1, 0.15) is 16.5 Å². The summed E-state index contributed by atoms with van der Waals surface area (Å²) in [5.41, 5.74) is 0.762. The van der Waals surface area contributed by atoms with Gasteiger partial charge in [0.2, 0.25) is 0 Å². The maximum absolute atomic E-state index is 12.3. The molecule has 0 bridgehead atoms. The van der Waals surface area contributed by atoms with Crippen molar-refractivity contribution in [3.8, 4) is 0 Å². The van der Waals surface area contributed by atoms with Crippen molar-refractivity contribution in [2.75, 3.05) is 6.54 Å². The zero-order valence-corrected chi connectivity index (χ0v) is 19.6. The molecule has 8 nitrogen and oxygen atoms in total. The summed E-state index contributed by atoms with van der Waals surface area (Å²) in [6.07, 6.45) is 1.11. The number of carbonyl (C=O) groups excluding carboxylic acids is 1. The predicted octanol–water partition coefficient (Wildman–Crippen LogP) is 4.09. The molecule has 1 aromatic carbocycles. The Hall–Kier alpha value is -2.69. The highest BCUT2D eigenvalue weighted by Gasteiger charge is 2.52. The Labute approximate surface area is 191 Å². The van der Waals surface area contributed by atoms with Gasteiger partial charge >= 0.3 is 19.2 Å². The molecule has 2 aromatic rings. The molecule has 1 aliphatic heterocycles. The SMILES string of the molecule is Cc1nc(C=C(CNC(=O)OCc2ccccc2)B2OC(C)(C)C(C)(C)O2)sc1C(=O)O.